The number of halogens is 3. The predicted octanol–water partition coefficient (Wildman–Crippen LogP) is 2.78. The number of aromatic nitrogens is 1. The molecule has 1 heterocycles. The molecule has 0 aliphatic carbocycles. The number of amides is 2. The number of nitrogens with zero attached hydrogens (tertiary/aromatic N) is 2. The first kappa shape index (κ1) is 17.5. The van der Waals surface area contributed by atoms with E-state index in [0.717, 1.165) is 6.07 Å². The summed E-state index contributed by atoms with van der Waals surface area (Å²) < 4.78 is 44.3. The summed E-state index contributed by atoms with van der Waals surface area (Å²) in [6.07, 6.45) is -0.204. The van der Waals surface area contributed by atoms with Crippen LogP contribution in [-0.4, -0.2) is 23.5 Å². The van der Waals surface area contributed by atoms with E-state index in [0.29, 0.717) is 11.8 Å². The van der Waals surface area contributed by atoms with E-state index in [1.165, 1.54) is 17.9 Å². The molecule has 0 unspecified atom stereocenters. The van der Waals surface area contributed by atoms with Crippen molar-refractivity contribution in [3.05, 3.63) is 41.4 Å². The third kappa shape index (κ3) is 3.92. The molecule has 128 valence electrons. The van der Waals surface area contributed by atoms with Crippen molar-refractivity contribution in [1.29, 1.82) is 0 Å². The Labute approximate surface area is 135 Å². The van der Waals surface area contributed by atoms with Crippen LogP contribution in [0.3, 0.4) is 0 Å². The predicted molar refractivity (Wildman–Crippen MR) is 78.8 cm³/mol. The van der Waals surface area contributed by atoms with Gasteiger partial charge in [0.15, 0.2) is 23.3 Å². The summed E-state index contributed by atoms with van der Waals surface area (Å²) in [7, 11) is 0. The molecule has 0 saturated heterocycles. The summed E-state index contributed by atoms with van der Waals surface area (Å²) in [6, 6.07) is 3.14. The second-order valence-electron chi connectivity index (χ2n) is 4.99. The molecule has 2 amide bonds. The van der Waals surface area contributed by atoms with E-state index in [4.69, 9.17) is 4.52 Å². The molecule has 0 aliphatic heterocycles. The molecule has 24 heavy (non-hydrogen) atoms. The third-order valence-corrected chi connectivity index (χ3v) is 3.14. The average Bonchev–Trinajstić information content (AvgIpc) is 2.94. The van der Waals surface area contributed by atoms with Crippen LogP contribution in [0, 0.1) is 24.4 Å². The van der Waals surface area contributed by atoms with E-state index >= 15 is 0 Å². The van der Waals surface area contributed by atoms with Crippen LogP contribution in [-0.2, 0) is 9.59 Å². The fraction of sp³-hybridized carbons (Fsp3) is 0.267. The lowest BCUT2D eigenvalue weighted by Crippen LogP contribution is -2.32. The largest absolute Gasteiger partial charge is 0.360 e. The van der Waals surface area contributed by atoms with E-state index in [9.17, 15) is 22.8 Å². The first-order chi connectivity index (χ1) is 11.3. The molecule has 0 atom stereocenters. The van der Waals surface area contributed by atoms with Gasteiger partial charge >= 0.3 is 0 Å². The van der Waals surface area contributed by atoms with Crippen LogP contribution in [0.2, 0.25) is 0 Å². The second kappa shape index (κ2) is 7.16. The quantitative estimate of drug-likeness (QED) is 0.849. The lowest BCUT2D eigenvalue weighted by Gasteiger charge is -2.17. The van der Waals surface area contributed by atoms with Crippen molar-refractivity contribution in [2.45, 2.75) is 20.3 Å². The van der Waals surface area contributed by atoms with Crippen molar-refractivity contribution < 1.29 is 27.3 Å². The zero-order valence-corrected chi connectivity index (χ0v) is 12.9. The van der Waals surface area contributed by atoms with Crippen molar-refractivity contribution in [3.63, 3.8) is 0 Å². The van der Waals surface area contributed by atoms with Gasteiger partial charge in [0, 0.05) is 26.0 Å². The molecule has 0 spiro atoms. The van der Waals surface area contributed by atoms with Gasteiger partial charge < -0.3 is 9.84 Å². The molecule has 2 rings (SSSR count). The Bertz CT molecular complexity index is 777. The molecule has 0 aliphatic rings. The standard InChI is InChI=1S/C15H14F3N3O3/c1-8-7-12(20-24-8)21(9(2)22)6-5-13(23)19-11-4-3-10(16)14(17)15(11)18/h3-4,7H,5-6H2,1-2H3,(H,19,23). The van der Waals surface area contributed by atoms with E-state index in [2.05, 4.69) is 10.5 Å². The maximum atomic E-state index is 13.5. The molecule has 0 fully saturated rings. The molecule has 1 aromatic carbocycles. The highest BCUT2D eigenvalue weighted by Crippen LogP contribution is 2.20. The van der Waals surface area contributed by atoms with Crippen molar-refractivity contribution >= 4 is 23.3 Å². The maximum Gasteiger partial charge on any atom is 0.226 e. The summed E-state index contributed by atoms with van der Waals surface area (Å²) in [6.45, 7) is 2.89. The third-order valence-electron chi connectivity index (χ3n) is 3.14. The van der Waals surface area contributed by atoms with Crippen LogP contribution in [0.5, 0.6) is 0 Å². The van der Waals surface area contributed by atoms with Gasteiger partial charge in [-0.1, -0.05) is 5.16 Å². The van der Waals surface area contributed by atoms with Gasteiger partial charge in [0.1, 0.15) is 5.76 Å². The fourth-order valence-corrected chi connectivity index (χ4v) is 1.96. The maximum absolute atomic E-state index is 13.5. The van der Waals surface area contributed by atoms with Gasteiger partial charge in [-0.3, -0.25) is 14.5 Å². The number of anilines is 2. The van der Waals surface area contributed by atoms with Gasteiger partial charge in [-0.15, -0.1) is 0 Å². The van der Waals surface area contributed by atoms with Crippen LogP contribution in [0.25, 0.3) is 0 Å². The van der Waals surface area contributed by atoms with Gasteiger partial charge in [0.05, 0.1) is 5.69 Å². The second-order valence-corrected chi connectivity index (χ2v) is 4.99. The van der Waals surface area contributed by atoms with Gasteiger partial charge in [-0.25, -0.2) is 13.2 Å². The first-order valence-electron chi connectivity index (χ1n) is 6.94. The van der Waals surface area contributed by atoms with Crippen LogP contribution in [0.15, 0.2) is 22.7 Å². The summed E-state index contributed by atoms with van der Waals surface area (Å²) >= 11 is 0. The fourth-order valence-electron chi connectivity index (χ4n) is 1.96. The lowest BCUT2D eigenvalue weighted by atomic mass is 10.2. The minimum atomic E-state index is -1.67. The van der Waals surface area contributed by atoms with Gasteiger partial charge in [-0.05, 0) is 19.1 Å². The zero-order valence-electron chi connectivity index (χ0n) is 12.9. The smallest absolute Gasteiger partial charge is 0.226 e. The highest BCUT2D eigenvalue weighted by atomic mass is 19.2. The number of rotatable bonds is 5. The molecule has 0 bridgehead atoms. The number of nitrogens with one attached hydrogen (secondary N) is 1. The average molecular weight is 341 g/mol. The number of carbonyl (C=O) groups excluding carboxylic acids is 2. The molecular formula is C15H14F3N3O3. The van der Waals surface area contributed by atoms with Crippen LogP contribution in [0.4, 0.5) is 24.7 Å². The summed E-state index contributed by atoms with van der Waals surface area (Å²) in [5.74, 6) is -4.82. The number of carbonyl (C=O) groups is 2. The van der Waals surface area contributed by atoms with E-state index in [1.807, 2.05) is 0 Å². The van der Waals surface area contributed by atoms with Gasteiger partial charge in [0.25, 0.3) is 0 Å². The Balaban J connectivity index is 2.02. The lowest BCUT2D eigenvalue weighted by molar-refractivity contribution is -0.117. The molecule has 2 aromatic rings. The molecule has 1 aromatic heterocycles. The number of aryl methyl sites for hydroxylation is 1. The minimum absolute atomic E-state index is 0.0432. The number of benzene rings is 1. The highest BCUT2D eigenvalue weighted by Gasteiger charge is 2.19. The Morgan fingerprint density at radius 3 is 2.54 bits per heavy atom. The Morgan fingerprint density at radius 1 is 1.25 bits per heavy atom. The van der Waals surface area contributed by atoms with Crippen LogP contribution >= 0.6 is 0 Å². The topological polar surface area (TPSA) is 75.4 Å². The van der Waals surface area contributed by atoms with Crippen molar-refractivity contribution in [3.8, 4) is 0 Å². The molecule has 9 heteroatoms. The van der Waals surface area contributed by atoms with E-state index in [-0.39, 0.29) is 24.7 Å². The van der Waals surface area contributed by atoms with Gasteiger partial charge in [-0.2, -0.15) is 0 Å². The summed E-state index contributed by atoms with van der Waals surface area (Å²) in [4.78, 5) is 24.7. The minimum Gasteiger partial charge on any atom is -0.360 e. The molecule has 6 nitrogen and oxygen atoms in total. The number of hydrogen-bond donors (Lipinski definition) is 1. The summed E-state index contributed by atoms with van der Waals surface area (Å²) in [5, 5.41) is 5.81. The normalized spacial score (nSPS) is 10.5. The van der Waals surface area contributed by atoms with Crippen molar-refractivity contribution in [2.24, 2.45) is 0 Å². The SMILES string of the molecule is CC(=O)N(CCC(=O)Nc1ccc(F)c(F)c1F)c1cc(C)on1. The van der Waals surface area contributed by atoms with E-state index < -0.39 is 29.0 Å². The Morgan fingerprint density at radius 2 is 1.96 bits per heavy atom. The first-order valence-corrected chi connectivity index (χ1v) is 6.94. The highest BCUT2D eigenvalue weighted by molar-refractivity contribution is 5.94. The summed E-state index contributed by atoms with van der Waals surface area (Å²) in [5.41, 5.74) is -0.481. The Hall–Kier alpha value is -2.84. The monoisotopic (exact) mass is 341 g/mol. The molecule has 0 saturated carbocycles. The van der Waals surface area contributed by atoms with Crippen molar-refractivity contribution in [2.75, 3.05) is 16.8 Å². The number of hydrogen-bond acceptors (Lipinski definition) is 4. The van der Waals surface area contributed by atoms with Gasteiger partial charge in [0.2, 0.25) is 11.8 Å². The van der Waals surface area contributed by atoms with Crippen LogP contribution in [0.1, 0.15) is 19.1 Å². The molecule has 1 N–H and O–H groups in total. The van der Waals surface area contributed by atoms with Crippen LogP contribution < -0.4 is 10.2 Å². The molecule has 0 radical (unpaired) electrons. The zero-order chi connectivity index (χ0) is 17.9. The van der Waals surface area contributed by atoms with E-state index in [1.54, 1.807) is 6.92 Å². The molecular weight excluding hydrogens is 327 g/mol. The Kier molecular flexibility index (Phi) is 5.22. The van der Waals surface area contributed by atoms with Crippen molar-refractivity contribution in [1.82, 2.24) is 5.16 Å².